The minimum atomic E-state index is 0.924. The molecule has 0 amide bonds. The molecule has 1 N–H and O–H groups in total. The molecule has 68 valence electrons. The average Bonchev–Trinajstić information content (AvgIpc) is 2.64. The Labute approximate surface area is 74.9 Å². The van der Waals surface area contributed by atoms with Gasteiger partial charge in [-0.3, -0.25) is 0 Å². The zero-order chi connectivity index (χ0) is 8.13. The highest BCUT2D eigenvalue weighted by molar-refractivity contribution is 5.03. The van der Waals surface area contributed by atoms with Crippen molar-refractivity contribution in [3.63, 3.8) is 0 Å². The largest absolute Gasteiger partial charge is 0.313 e. The Balaban J connectivity index is 1.86. The molecule has 3 aliphatic rings. The fraction of sp³-hybridized carbons (Fsp3) is 1.00. The van der Waals surface area contributed by atoms with Crippen molar-refractivity contribution >= 4 is 0 Å². The molecule has 5 unspecified atom stereocenters. The number of hydrogen-bond donors (Lipinski definition) is 1. The number of fused-ring (bicyclic) bond motifs is 5. The predicted octanol–water partition coefficient (Wildman–Crippen LogP) is 2.03. The highest BCUT2D eigenvalue weighted by Crippen LogP contribution is 2.52. The van der Waals surface area contributed by atoms with Crippen LogP contribution < -0.4 is 5.32 Å². The molecule has 5 atom stereocenters. The topological polar surface area (TPSA) is 12.0 Å². The molecule has 0 aromatic carbocycles. The van der Waals surface area contributed by atoms with Crippen LogP contribution in [0.2, 0.25) is 0 Å². The molecule has 3 rings (SSSR count). The number of nitrogens with one attached hydrogen (secondary N) is 1. The van der Waals surface area contributed by atoms with E-state index in [-0.39, 0.29) is 0 Å². The second-order valence-corrected chi connectivity index (χ2v) is 5.16. The quantitative estimate of drug-likeness (QED) is 0.579. The molecule has 0 aromatic rings. The maximum absolute atomic E-state index is 3.74. The summed E-state index contributed by atoms with van der Waals surface area (Å²) in [5, 5.41) is 3.74. The van der Waals surface area contributed by atoms with Crippen LogP contribution in [0.4, 0.5) is 0 Å². The molecule has 1 saturated heterocycles. The van der Waals surface area contributed by atoms with Crippen LogP contribution in [0, 0.1) is 23.7 Å². The van der Waals surface area contributed by atoms with Crippen LogP contribution in [0.15, 0.2) is 0 Å². The van der Waals surface area contributed by atoms with Gasteiger partial charge in [-0.25, -0.2) is 0 Å². The van der Waals surface area contributed by atoms with Gasteiger partial charge in [0.25, 0.3) is 0 Å². The van der Waals surface area contributed by atoms with Crippen LogP contribution in [-0.2, 0) is 0 Å². The third-order valence-electron chi connectivity index (χ3n) is 4.62. The maximum Gasteiger partial charge on any atom is 0.0129 e. The summed E-state index contributed by atoms with van der Waals surface area (Å²) in [7, 11) is 0. The van der Waals surface area contributed by atoms with E-state index in [1.54, 1.807) is 6.42 Å². The van der Waals surface area contributed by atoms with E-state index in [4.69, 9.17) is 0 Å². The molecular formula is C11H19N. The molecule has 1 heteroatoms. The Morgan fingerprint density at radius 2 is 1.92 bits per heavy atom. The summed E-state index contributed by atoms with van der Waals surface area (Å²) >= 11 is 0. The van der Waals surface area contributed by atoms with E-state index in [1.165, 1.54) is 25.8 Å². The highest BCUT2D eigenvalue weighted by atomic mass is 15.0. The lowest BCUT2D eigenvalue weighted by Gasteiger charge is -2.40. The zero-order valence-corrected chi connectivity index (χ0v) is 7.92. The summed E-state index contributed by atoms with van der Waals surface area (Å²) in [6.07, 6.45) is 6.03. The van der Waals surface area contributed by atoms with Crippen molar-refractivity contribution < 1.29 is 0 Å². The molecule has 3 fully saturated rings. The van der Waals surface area contributed by atoms with Crippen LogP contribution >= 0.6 is 0 Å². The lowest BCUT2D eigenvalue weighted by atomic mass is 9.73. The Morgan fingerprint density at radius 3 is 2.75 bits per heavy atom. The van der Waals surface area contributed by atoms with Crippen LogP contribution in [0.25, 0.3) is 0 Å². The van der Waals surface area contributed by atoms with Gasteiger partial charge in [0, 0.05) is 6.04 Å². The molecule has 1 heterocycles. The predicted molar refractivity (Wildman–Crippen MR) is 49.9 cm³/mol. The number of piperidine rings is 1. The monoisotopic (exact) mass is 165 g/mol. The molecule has 0 aromatic heterocycles. The van der Waals surface area contributed by atoms with Crippen molar-refractivity contribution in [1.29, 1.82) is 0 Å². The summed E-state index contributed by atoms with van der Waals surface area (Å²) in [5.74, 6) is 4.22. The third-order valence-corrected chi connectivity index (χ3v) is 4.62. The molecular weight excluding hydrogens is 146 g/mol. The standard InChI is InChI=1S/C11H19N/c1-7-4-5-12-11-9-3-2-8(6-9)10(7)11/h7-12H,2-6H2,1H3. The SMILES string of the molecule is CC1CCNC2C3CCC(C3)C12. The Kier molecular flexibility index (Phi) is 1.52. The van der Waals surface area contributed by atoms with Gasteiger partial charge in [-0.05, 0) is 55.9 Å². The molecule has 0 radical (unpaired) electrons. The molecule has 0 spiro atoms. The van der Waals surface area contributed by atoms with Gasteiger partial charge in [0.2, 0.25) is 0 Å². The first-order valence-corrected chi connectivity index (χ1v) is 5.59. The minimum Gasteiger partial charge on any atom is -0.313 e. The first-order valence-electron chi connectivity index (χ1n) is 5.59. The third kappa shape index (κ3) is 0.834. The maximum atomic E-state index is 3.74. The van der Waals surface area contributed by atoms with Gasteiger partial charge < -0.3 is 5.32 Å². The second kappa shape index (κ2) is 2.47. The summed E-state index contributed by atoms with van der Waals surface area (Å²) in [6, 6.07) is 0.924. The second-order valence-electron chi connectivity index (χ2n) is 5.16. The van der Waals surface area contributed by atoms with E-state index in [0.717, 1.165) is 29.7 Å². The van der Waals surface area contributed by atoms with Crippen LogP contribution in [0.3, 0.4) is 0 Å². The van der Waals surface area contributed by atoms with E-state index in [1.807, 2.05) is 0 Å². The number of rotatable bonds is 0. The van der Waals surface area contributed by atoms with Crippen molar-refractivity contribution in [1.82, 2.24) is 5.32 Å². The van der Waals surface area contributed by atoms with E-state index < -0.39 is 0 Å². The van der Waals surface area contributed by atoms with Crippen molar-refractivity contribution in [2.75, 3.05) is 6.54 Å². The minimum absolute atomic E-state index is 0.924. The average molecular weight is 165 g/mol. The summed E-state index contributed by atoms with van der Waals surface area (Å²) in [4.78, 5) is 0. The van der Waals surface area contributed by atoms with Crippen LogP contribution in [-0.4, -0.2) is 12.6 Å². The van der Waals surface area contributed by atoms with Gasteiger partial charge in [-0.2, -0.15) is 0 Å². The van der Waals surface area contributed by atoms with Gasteiger partial charge in [0.15, 0.2) is 0 Å². The van der Waals surface area contributed by atoms with Crippen molar-refractivity contribution in [3.05, 3.63) is 0 Å². The first kappa shape index (κ1) is 7.37. The van der Waals surface area contributed by atoms with E-state index in [2.05, 4.69) is 12.2 Å². The molecule has 12 heavy (non-hydrogen) atoms. The number of hydrogen-bond acceptors (Lipinski definition) is 1. The van der Waals surface area contributed by atoms with Gasteiger partial charge in [-0.1, -0.05) is 6.92 Å². The molecule has 1 nitrogen and oxygen atoms in total. The van der Waals surface area contributed by atoms with Gasteiger partial charge in [0.1, 0.15) is 0 Å². The van der Waals surface area contributed by atoms with E-state index in [9.17, 15) is 0 Å². The first-order chi connectivity index (χ1) is 5.86. The highest BCUT2D eigenvalue weighted by Gasteiger charge is 2.50. The summed E-state index contributed by atoms with van der Waals surface area (Å²) < 4.78 is 0. The summed E-state index contributed by atoms with van der Waals surface area (Å²) in [6.45, 7) is 3.75. The smallest absolute Gasteiger partial charge is 0.0129 e. The van der Waals surface area contributed by atoms with Crippen LogP contribution in [0.5, 0.6) is 0 Å². The van der Waals surface area contributed by atoms with E-state index in [0.29, 0.717) is 0 Å². The van der Waals surface area contributed by atoms with Crippen molar-refractivity contribution in [2.45, 2.75) is 38.6 Å². The fourth-order valence-electron chi connectivity index (χ4n) is 4.13. The van der Waals surface area contributed by atoms with E-state index >= 15 is 0 Å². The Bertz CT molecular complexity index is 189. The van der Waals surface area contributed by atoms with Crippen LogP contribution in [0.1, 0.15) is 32.6 Å². The van der Waals surface area contributed by atoms with Crippen molar-refractivity contribution in [3.8, 4) is 0 Å². The molecule has 1 aliphatic heterocycles. The van der Waals surface area contributed by atoms with Gasteiger partial charge in [0.05, 0.1) is 0 Å². The summed E-state index contributed by atoms with van der Waals surface area (Å²) in [5.41, 5.74) is 0. The van der Waals surface area contributed by atoms with Gasteiger partial charge >= 0.3 is 0 Å². The molecule has 2 aliphatic carbocycles. The zero-order valence-electron chi connectivity index (χ0n) is 7.92. The Hall–Kier alpha value is -0.0400. The van der Waals surface area contributed by atoms with Crippen molar-refractivity contribution in [2.24, 2.45) is 23.7 Å². The normalized spacial score (nSPS) is 57.2. The lowest BCUT2D eigenvalue weighted by Crippen LogP contribution is -2.48. The fourth-order valence-corrected chi connectivity index (χ4v) is 4.13. The molecule has 2 saturated carbocycles. The molecule has 2 bridgehead atoms. The van der Waals surface area contributed by atoms with Gasteiger partial charge in [-0.15, -0.1) is 0 Å². The lowest BCUT2D eigenvalue weighted by molar-refractivity contribution is 0.139. The Morgan fingerprint density at radius 1 is 1.08 bits per heavy atom.